The number of anilines is 1. The number of alkyl halides is 3. The Morgan fingerprint density at radius 2 is 1.80 bits per heavy atom. The molecule has 0 N–H and O–H groups in total. The number of pyridine rings is 1. The number of nitrogens with zero attached hydrogens (tertiary/aromatic N) is 3. The van der Waals surface area contributed by atoms with Gasteiger partial charge >= 0.3 is 6.18 Å². The highest BCUT2D eigenvalue weighted by Crippen LogP contribution is 2.34. The van der Waals surface area contributed by atoms with Crippen molar-refractivity contribution in [2.45, 2.75) is 6.18 Å². The van der Waals surface area contributed by atoms with Crippen LogP contribution in [0.3, 0.4) is 0 Å². The third-order valence-electron chi connectivity index (χ3n) is 4.06. The lowest BCUT2D eigenvalue weighted by atomic mass is 10.0. The highest BCUT2D eigenvalue weighted by atomic mass is 19.4. The number of amides is 1. The van der Waals surface area contributed by atoms with E-state index in [2.05, 4.69) is 4.98 Å². The quantitative estimate of drug-likeness (QED) is 0.775. The van der Waals surface area contributed by atoms with E-state index in [1.54, 1.807) is 4.90 Å². The lowest BCUT2D eigenvalue weighted by Crippen LogP contribution is -2.28. The summed E-state index contributed by atoms with van der Waals surface area (Å²) in [4.78, 5) is 18.4. The van der Waals surface area contributed by atoms with Crippen molar-refractivity contribution in [2.75, 3.05) is 31.1 Å². The van der Waals surface area contributed by atoms with Gasteiger partial charge in [-0.25, -0.2) is 4.98 Å². The van der Waals surface area contributed by atoms with E-state index in [0.29, 0.717) is 17.7 Å². The molecule has 0 aliphatic carbocycles. The predicted molar refractivity (Wildman–Crippen MR) is 66.1 cm³/mol. The third-order valence-corrected chi connectivity index (χ3v) is 4.06. The fourth-order valence-electron chi connectivity index (χ4n) is 3.04. The van der Waals surface area contributed by atoms with E-state index >= 15 is 0 Å². The molecule has 2 atom stereocenters. The largest absolute Gasteiger partial charge is 0.417 e. The molecule has 20 heavy (non-hydrogen) atoms. The van der Waals surface area contributed by atoms with Crippen LogP contribution >= 0.6 is 0 Å². The molecule has 3 heterocycles. The van der Waals surface area contributed by atoms with E-state index in [9.17, 15) is 18.0 Å². The molecule has 0 spiro atoms. The maximum absolute atomic E-state index is 12.5. The Balaban J connectivity index is 1.69. The van der Waals surface area contributed by atoms with Crippen molar-refractivity contribution in [3.8, 4) is 0 Å². The Kier molecular flexibility index (Phi) is 3.07. The van der Waals surface area contributed by atoms with Gasteiger partial charge in [-0.15, -0.1) is 0 Å². The zero-order valence-electron chi connectivity index (χ0n) is 10.7. The van der Waals surface area contributed by atoms with Crippen molar-refractivity contribution < 1.29 is 18.0 Å². The SMILES string of the molecule is O=CN1CC2CN(c3ccc(C(F)(F)F)cn3)CC2C1. The van der Waals surface area contributed by atoms with Gasteiger partial charge in [0, 0.05) is 44.2 Å². The van der Waals surface area contributed by atoms with Crippen LogP contribution in [0, 0.1) is 11.8 Å². The number of aromatic nitrogens is 1. The van der Waals surface area contributed by atoms with E-state index in [1.807, 2.05) is 4.90 Å². The standard InChI is InChI=1S/C13H14F3N3O/c14-13(15,16)11-1-2-12(17-3-11)19-6-9-4-18(8-20)5-10(9)7-19/h1-3,8-10H,4-7H2. The van der Waals surface area contributed by atoms with Crippen LogP contribution in [-0.4, -0.2) is 42.5 Å². The highest BCUT2D eigenvalue weighted by Gasteiger charge is 2.40. The molecule has 108 valence electrons. The number of carbonyl (C=O) groups excluding carboxylic acids is 1. The Morgan fingerprint density at radius 1 is 1.15 bits per heavy atom. The molecule has 2 aliphatic heterocycles. The Hall–Kier alpha value is -1.79. The first-order chi connectivity index (χ1) is 9.47. The average Bonchev–Trinajstić information content (AvgIpc) is 2.95. The van der Waals surface area contributed by atoms with Gasteiger partial charge in [-0.2, -0.15) is 13.2 Å². The summed E-state index contributed by atoms with van der Waals surface area (Å²) in [6.45, 7) is 2.94. The number of fused-ring (bicyclic) bond motifs is 1. The van der Waals surface area contributed by atoms with Gasteiger partial charge < -0.3 is 9.80 Å². The molecule has 2 unspecified atom stereocenters. The van der Waals surface area contributed by atoms with Gasteiger partial charge in [0.25, 0.3) is 0 Å². The molecule has 3 rings (SSSR count). The van der Waals surface area contributed by atoms with Crippen molar-refractivity contribution in [3.63, 3.8) is 0 Å². The number of rotatable bonds is 2. The highest BCUT2D eigenvalue weighted by molar-refractivity contribution is 5.49. The summed E-state index contributed by atoms with van der Waals surface area (Å²) < 4.78 is 37.4. The molecule has 4 nitrogen and oxygen atoms in total. The lowest BCUT2D eigenvalue weighted by Gasteiger charge is -2.20. The second-order valence-electron chi connectivity index (χ2n) is 5.39. The molecule has 0 bridgehead atoms. The molecule has 0 saturated carbocycles. The average molecular weight is 285 g/mol. The zero-order chi connectivity index (χ0) is 14.3. The normalized spacial score (nSPS) is 25.9. The fraction of sp³-hybridized carbons (Fsp3) is 0.538. The molecule has 2 fully saturated rings. The van der Waals surface area contributed by atoms with Gasteiger partial charge in [0.2, 0.25) is 6.41 Å². The van der Waals surface area contributed by atoms with E-state index in [-0.39, 0.29) is 0 Å². The minimum absolute atomic E-state index is 0.393. The fourth-order valence-corrected chi connectivity index (χ4v) is 3.04. The summed E-state index contributed by atoms with van der Waals surface area (Å²) in [5, 5.41) is 0. The lowest BCUT2D eigenvalue weighted by molar-refractivity contribution is -0.137. The summed E-state index contributed by atoms with van der Waals surface area (Å²) in [6.07, 6.45) is -2.61. The first-order valence-corrected chi connectivity index (χ1v) is 6.45. The van der Waals surface area contributed by atoms with Crippen LogP contribution in [0.5, 0.6) is 0 Å². The van der Waals surface area contributed by atoms with Gasteiger partial charge in [0.15, 0.2) is 0 Å². The van der Waals surface area contributed by atoms with Crippen molar-refractivity contribution in [2.24, 2.45) is 11.8 Å². The van der Waals surface area contributed by atoms with Crippen LogP contribution in [0.15, 0.2) is 18.3 Å². The topological polar surface area (TPSA) is 36.4 Å². The molecular weight excluding hydrogens is 271 g/mol. The van der Waals surface area contributed by atoms with Crippen LogP contribution in [0.25, 0.3) is 0 Å². The van der Waals surface area contributed by atoms with Crippen molar-refractivity contribution in [1.29, 1.82) is 0 Å². The zero-order valence-corrected chi connectivity index (χ0v) is 10.7. The number of likely N-dealkylation sites (tertiary alicyclic amines) is 1. The van der Waals surface area contributed by atoms with Crippen LogP contribution in [0.1, 0.15) is 5.56 Å². The van der Waals surface area contributed by atoms with Gasteiger partial charge in [-0.1, -0.05) is 0 Å². The van der Waals surface area contributed by atoms with Crippen LogP contribution in [-0.2, 0) is 11.0 Å². The van der Waals surface area contributed by atoms with E-state index in [4.69, 9.17) is 0 Å². The van der Waals surface area contributed by atoms with Crippen molar-refractivity contribution in [1.82, 2.24) is 9.88 Å². The first kappa shape index (κ1) is 13.2. The second kappa shape index (κ2) is 4.64. The number of hydrogen-bond acceptors (Lipinski definition) is 3. The Labute approximate surface area is 114 Å². The molecule has 2 aliphatic rings. The molecule has 0 aromatic carbocycles. The van der Waals surface area contributed by atoms with Crippen LogP contribution in [0.2, 0.25) is 0 Å². The van der Waals surface area contributed by atoms with Gasteiger partial charge in [-0.3, -0.25) is 4.79 Å². The van der Waals surface area contributed by atoms with E-state index in [1.165, 1.54) is 6.07 Å². The van der Waals surface area contributed by atoms with Gasteiger partial charge in [-0.05, 0) is 12.1 Å². The second-order valence-corrected chi connectivity index (χ2v) is 5.39. The van der Waals surface area contributed by atoms with E-state index < -0.39 is 11.7 Å². The minimum Gasteiger partial charge on any atom is -0.356 e. The molecule has 1 amide bonds. The summed E-state index contributed by atoms with van der Waals surface area (Å²) in [5.41, 5.74) is -0.729. The maximum atomic E-state index is 12.5. The number of carbonyl (C=O) groups is 1. The monoisotopic (exact) mass is 285 g/mol. The smallest absolute Gasteiger partial charge is 0.356 e. The third kappa shape index (κ3) is 2.32. The summed E-state index contributed by atoms with van der Waals surface area (Å²) in [7, 11) is 0. The molecule has 1 aromatic heterocycles. The summed E-state index contributed by atoms with van der Waals surface area (Å²) >= 11 is 0. The Bertz CT molecular complexity index is 489. The molecule has 2 saturated heterocycles. The number of hydrogen-bond donors (Lipinski definition) is 0. The summed E-state index contributed by atoms with van der Waals surface area (Å²) in [6, 6.07) is 2.48. The van der Waals surface area contributed by atoms with Gasteiger partial charge in [0.1, 0.15) is 5.82 Å². The molecule has 7 heteroatoms. The Morgan fingerprint density at radius 3 is 2.25 bits per heavy atom. The molecule has 0 radical (unpaired) electrons. The number of halogens is 3. The maximum Gasteiger partial charge on any atom is 0.417 e. The minimum atomic E-state index is -4.35. The van der Waals surface area contributed by atoms with Crippen LogP contribution in [0.4, 0.5) is 19.0 Å². The van der Waals surface area contributed by atoms with E-state index in [0.717, 1.165) is 44.9 Å². The van der Waals surface area contributed by atoms with Crippen LogP contribution < -0.4 is 4.90 Å². The molecule has 1 aromatic rings. The summed E-state index contributed by atoms with van der Waals surface area (Å²) in [5.74, 6) is 1.36. The predicted octanol–water partition coefficient (Wildman–Crippen LogP) is 1.62. The van der Waals surface area contributed by atoms with Crippen molar-refractivity contribution in [3.05, 3.63) is 23.9 Å². The van der Waals surface area contributed by atoms with Gasteiger partial charge in [0.05, 0.1) is 5.56 Å². The molecular formula is C13H14F3N3O. The van der Waals surface area contributed by atoms with Crippen molar-refractivity contribution >= 4 is 12.2 Å². The first-order valence-electron chi connectivity index (χ1n) is 6.45.